The highest BCUT2D eigenvalue weighted by Crippen LogP contribution is 2.16. The molecule has 2 aromatic rings. The third-order valence-corrected chi connectivity index (χ3v) is 2.24. The molecule has 0 spiro atoms. The zero-order valence-electron chi connectivity index (χ0n) is 8.64. The Morgan fingerprint density at radius 1 is 1.47 bits per heavy atom. The Bertz CT molecular complexity index is 515. The molecule has 0 saturated heterocycles. The van der Waals surface area contributed by atoms with Gasteiger partial charge in [-0.05, 0) is 32.0 Å². The van der Waals surface area contributed by atoms with Gasteiger partial charge in [-0.25, -0.2) is 4.68 Å². The van der Waals surface area contributed by atoms with E-state index in [4.69, 9.17) is 5.73 Å². The van der Waals surface area contributed by atoms with Crippen molar-refractivity contribution >= 4 is 16.9 Å². The van der Waals surface area contributed by atoms with E-state index in [-0.39, 0.29) is 6.04 Å². The molecule has 0 unspecified atom stereocenters. The maximum atomic E-state index is 11.0. The zero-order valence-corrected chi connectivity index (χ0v) is 8.64. The fourth-order valence-corrected chi connectivity index (χ4v) is 1.48. The summed E-state index contributed by atoms with van der Waals surface area (Å²) in [6.45, 7) is 4.05. The first-order valence-electron chi connectivity index (χ1n) is 4.74. The molecule has 15 heavy (non-hydrogen) atoms. The van der Waals surface area contributed by atoms with Crippen LogP contribution < -0.4 is 5.73 Å². The molecule has 0 saturated carbocycles. The molecule has 0 aliphatic carbocycles. The van der Waals surface area contributed by atoms with E-state index in [1.807, 2.05) is 19.9 Å². The highest BCUT2D eigenvalue weighted by atomic mass is 16.1. The third-order valence-electron chi connectivity index (χ3n) is 2.24. The molecule has 0 atom stereocenters. The van der Waals surface area contributed by atoms with E-state index in [1.54, 1.807) is 16.8 Å². The summed E-state index contributed by atoms with van der Waals surface area (Å²) in [4.78, 5) is 11.0. The van der Waals surface area contributed by atoms with Gasteiger partial charge in [-0.1, -0.05) is 5.21 Å². The summed E-state index contributed by atoms with van der Waals surface area (Å²) in [7, 11) is 0. The topological polar surface area (TPSA) is 73.8 Å². The second kappa shape index (κ2) is 3.34. The van der Waals surface area contributed by atoms with Gasteiger partial charge in [0.15, 0.2) is 0 Å². The van der Waals surface area contributed by atoms with Crippen molar-refractivity contribution in [2.24, 2.45) is 5.73 Å². The van der Waals surface area contributed by atoms with Crippen LogP contribution in [-0.4, -0.2) is 20.9 Å². The van der Waals surface area contributed by atoms with Gasteiger partial charge in [0.05, 0.1) is 5.52 Å². The average Bonchev–Trinajstić information content (AvgIpc) is 2.59. The summed E-state index contributed by atoms with van der Waals surface area (Å²) < 4.78 is 1.81. The molecule has 5 heteroatoms. The van der Waals surface area contributed by atoms with Gasteiger partial charge in [0.1, 0.15) is 5.52 Å². The van der Waals surface area contributed by atoms with E-state index >= 15 is 0 Å². The lowest BCUT2D eigenvalue weighted by molar-refractivity contribution is 0.100. The van der Waals surface area contributed by atoms with Crippen molar-refractivity contribution in [2.45, 2.75) is 19.9 Å². The van der Waals surface area contributed by atoms with Crippen LogP contribution in [0.4, 0.5) is 0 Å². The lowest BCUT2D eigenvalue weighted by Gasteiger charge is -2.04. The monoisotopic (exact) mass is 204 g/mol. The quantitative estimate of drug-likeness (QED) is 0.796. The number of rotatable bonds is 2. The summed E-state index contributed by atoms with van der Waals surface area (Å²) >= 11 is 0. The normalized spacial score (nSPS) is 11.1. The fraction of sp³-hybridized carbons (Fsp3) is 0.300. The predicted molar refractivity (Wildman–Crippen MR) is 56.4 cm³/mol. The van der Waals surface area contributed by atoms with Crippen LogP contribution in [0.15, 0.2) is 18.2 Å². The first-order chi connectivity index (χ1) is 7.09. The van der Waals surface area contributed by atoms with Gasteiger partial charge < -0.3 is 5.73 Å². The number of nitrogens with two attached hydrogens (primary N) is 1. The molecule has 0 fully saturated rings. The number of carbonyl (C=O) groups is 1. The van der Waals surface area contributed by atoms with Gasteiger partial charge in [-0.3, -0.25) is 4.79 Å². The minimum absolute atomic E-state index is 0.245. The Labute approximate surface area is 86.9 Å². The molecule has 2 rings (SSSR count). The summed E-state index contributed by atoms with van der Waals surface area (Å²) in [5, 5.41) is 8.00. The summed E-state index contributed by atoms with van der Waals surface area (Å²) in [5.74, 6) is -0.448. The number of nitrogens with zero attached hydrogens (tertiary/aromatic N) is 3. The molecule has 1 aromatic heterocycles. The molecule has 0 aliphatic rings. The van der Waals surface area contributed by atoms with E-state index in [0.717, 1.165) is 5.52 Å². The predicted octanol–water partition coefficient (Wildman–Crippen LogP) is 1.11. The summed E-state index contributed by atoms with van der Waals surface area (Å²) in [6, 6.07) is 5.40. The van der Waals surface area contributed by atoms with Crippen molar-refractivity contribution in [1.29, 1.82) is 0 Å². The number of aromatic nitrogens is 3. The van der Waals surface area contributed by atoms with Crippen molar-refractivity contribution < 1.29 is 4.79 Å². The van der Waals surface area contributed by atoms with Crippen molar-refractivity contribution in [3.05, 3.63) is 23.8 Å². The number of benzene rings is 1. The van der Waals surface area contributed by atoms with Crippen LogP contribution in [0.2, 0.25) is 0 Å². The second-order valence-corrected chi connectivity index (χ2v) is 3.70. The van der Waals surface area contributed by atoms with Crippen molar-refractivity contribution in [3.63, 3.8) is 0 Å². The Hall–Kier alpha value is -1.91. The number of fused-ring (bicyclic) bond motifs is 1. The van der Waals surface area contributed by atoms with Gasteiger partial charge in [0.25, 0.3) is 0 Å². The van der Waals surface area contributed by atoms with Crippen LogP contribution in [0.5, 0.6) is 0 Å². The Morgan fingerprint density at radius 3 is 2.80 bits per heavy atom. The van der Waals surface area contributed by atoms with Crippen molar-refractivity contribution in [1.82, 2.24) is 15.0 Å². The molecule has 0 bridgehead atoms. The lowest BCUT2D eigenvalue weighted by Crippen LogP contribution is -2.10. The fourth-order valence-electron chi connectivity index (χ4n) is 1.48. The summed E-state index contributed by atoms with van der Waals surface area (Å²) in [5.41, 5.74) is 7.24. The van der Waals surface area contributed by atoms with Crippen LogP contribution >= 0.6 is 0 Å². The molecule has 78 valence electrons. The standard InChI is InChI=1S/C10H12N4O/c1-6(2)14-9-4-3-7(10(11)15)5-8(9)12-13-14/h3-6H,1-2H3,(H2,11,15). The lowest BCUT2D eigenvalue weighted by atomic mass is 10.2. The van der Waals surface area contributed by atoms with E-state index in [0.29, 0.717) is 11.1 Å². The van der Waals surface area contributed by atoms with Gasteiger partial charge in [0.2, 0.25) is 5.91 Å². The third kappa shape index (κ3) is 1.56. The van der Waals surface area contributed by atoms with Crippen LogP contribution in [0, 0.1) is 0 Å². The van der Waals surface area contributed by atoms with Gasteiger partial charge in [-0.2, -0.15) is 0 Å². The van der Waals surface area contributed by atoms with Gasteiger partial charge in [-0.15, -0.1) is 5.10 Å². The maximum Gasteiger partial charge on any atom is 0.248 e. The largest absolute Gasteiger partial charge is 0.366 e. The average molecular weight is 204 g/mol. The smallest absolute Gasteiger partial charge is 0.248 e. The first-order valence-corrected chi connectivity index (χ1v) is 4.74. The Morgan fingerprint density at radius 2 is 2.20 bits per heavy atom. The second-order valence-electron chi connectivity index (χ2n) is 3.70. The zero-order chi connectivity index (χ0) is 11.0. The maximum absolute atomic E-state index is 11.0. The molecule has 0 aliphatic heterocycles. The SMILES string of the molecule is CC(C)n1nnc2cc(C(N)=O)ccc21. The number of hydrogen-bond donors (Lipinski definition) is 1. The number of hydrogen-bond acceptors (Lipinski definition) is 3. The van der Waals surface area contributed by atoms with E-state index in [1.165, 1.54) is 0 Å². The summed E-state index contributed by atoms with van der Waals surface area (Å²) in [6.07, 6.45) is 0. The Kier molecular flexibility index (Phi) is 2.15. The molecular weight excluding hydrogens is 192 g/mol. The first kappa shape index (κ1) is 9.64. The molecule has 5 nitrogen and oxygen atoms in total. The molecule has 1 amide bonds. The van der Waals surface area contributed by atoms with E-state index < -0.39 is 5.91 Å². The minimum atomic E-state index is -0.448. The van der Waals surface area contributed by atoms with Crippen LogP contribution in [0.3, 0.4) is 0 Å². The molecule has 1 aromatic carbocycles. The molecule has 1 heterocycles. The minimum Gasteiger partial charge on any atom is -0.366 e. The number of carbonyl (C=O) groups excluding carboxylic acids is 1. The van der Waals surface area contributed by atoms with Crippen LogP contribution in [0.25, 0.3) is 11.0 Å². The Balaban J connectivity index is 2.61. The molecule has 2 N–H and O–H groups in total. The van der Waals surface area contributed by atoms with Gasteiger partial charge in [0, 0.05) is 11.6 Å². The molecule has 0 radical (unpaired) electrons. The van der Waals surface area contributed by atoms with E-state index in [9.17, 15) is 4.79 Å². The van der Waals surface area contributed by atoms with Crippen molar-refractivity contribution in [3.8, 4) is 0 Å². The van der Waals surface area contributed by atoms with E-state index in [2.05, 4.69) is 10.3 Å². The highest BCUT2D eigenvalue weighted by molar-refractivity contribution is 5.96. The van der Waals surface area contributed by atoms with Crippen LogP contribution in [0.1, 0.15) is 30.2 Å². The number of amides is 1. The van der Waals surface area contributed by atoms with Crippen LogP contribution in [-0.2, 0) is 0 Å². The molecular formula is C10H12N4O. The number of primary amides is 1. The van der Waals surface area contributed by atoms with Crippen molar-refractivity contribution in [2.75, 3.05) is 0 Å². The highest BCUT2D eigenvalue weighted by Gasteiger charge is 2.09. The van der Waals surface area contributed by atoms with Gasteiger partial charge >= 0.3 is 0 Å².